The summed E-state index contributed by atoms with van der Waals surface area (Å²) in [6, 6.07) is 6.90. The minimum atomic E-state index is -3.86. The van der Waals surface area contributed by atoms with Crippen LogP contribution in [0.3, 0.4) is 0 Å². The monoisotopic (exact) mass is 316 g/mol. The number of primary sulfonamides is 1. The smallest absolute Gasteiger partial charge is 0.240 e. The van der Waals surface area contributed by atoms with E-state index in [0.29, 0.717) is 16.6 Å². The van der Waals surface area contributed by atoms with Crippen LogP contribution in [0.2, 0.25) is 0 Å². The molecule has 0 atom stereocenters. The third-order valence-electron chi connectivity index (χ3n) is 3.14. The summed E-state index contributed by atoms with van der Waals surface area (Å²) < 4.78 is 47.7. The van der Waals surface area contributed by atoms with Gasteiger partial charge in [0.25, 0.3) is 0 Å². The van der Waals surface area contributed by atoms with Gasteiger partial charge in [-0.1, -0.05) is 18.2 Å². The van der Waals surface area contributed by atoms with Gasteiger partial charge in [0.1, 0.15) is 14.7 Å². The van der Waals surface area contributed by atoms with Crippen molar-refractivity contribution in [3.8, 4) is 0 Å². The van der Waals surface area contributed by atoms with E-state index in [1.807, 2.05) is 0 Å². The molecule has 1 aromatic carbocycles. The standard InChI is InChI=1S/C12H16N2O4S2/c1-9-12(20(13,17)18)10-5-3-4-6-11(10)14(9)7-8-19(2,15)16/h3-6H,7-8H2,1-2H3,(H2,13,17,18). The summed E-state index contributed by atoms with van der Waals surface area (Å²) in [6.45, 7) is 1.82. The van der Waals surface area contributed by atoms with Gasteiger partial charge in [-0.3, -0.25) is 0 Å². The average molecular weight is 316 g/mol. The van der Waals surface area contributed by atoms with Crippen molar-refractivity contribution in [3.63, 3.8) is 0 Å². The summed E-state index contributed by atoms with van der Waals surface area (Å²) in [4.78, 5) is 0.0570. The van der Waals surface area contributed by atoms with Crippen LogP contribution in [0.1, 0.15) is 5.69 Å². The van der Waals surface area contributed by atoms with E-state index in [0.717, 1.165) is 6.26 Å². The molecule has 20 heavy (non-hydrogen) atoms. The fraction of sp³-hybridized carbons (Fsp3) is 0.333. The summed E-state index contributed by atoms with van der Waals surface area (Å²) in [5.74, 6) is -0.0590. The zero-order valence-electron chi connectivity index (χ0n) is 11.2. The molecular formula is C12H16N2O4S2. The third-order valence-corrected chi connectivity index (χ3v) is 5.15. The highest BCUT2D eigenvalue weighted by molar-refractivity contribution is 7.90. The van der Waals surface area contributed by atoms with E-state index in [-0.39, 0.29) is 17.2 Å². The van der Waals surface area contributed by atoms with Gasteiger partial charge in [-0.2, -0.15) is 0 Å². The van der Waals surface area contributed by atoms with Crippen molar-refractivity contribution in [2.45, 2.75) is 18.4 Å². The van der Waals surface area contributed by atoms with Crippen molar-refractivity contribution in [1.82, 2.24) is 4.57 Å². The molecule has 2 aromatic rings. The van der Waals surface area contributed by atoms with Crippen LogP contribution in [0.4, 0.5) is 0 Å². The number of nitrogens with zero attached hydrogens (tertiary/aromatic N) is 1. The zero-order chi connectivity index (χ0) is 15.1. The van der Waals surface area contributed by atoms with Gasteiger partial charge in [0.05, 0.1) is 5.75 Å². The molecule has 0 amide bonds. The number of rotatable bonds is 4. The molecule has 0 saturated heterocycles. The Kier molecular flexibility index (Phi) is 3.66. The van der Waals surface area contributed by atoms with Crippen LogP contribution in [0.25, 0.3) is 10.9 Å². The molecule has 0 aliphatic carbocycles. The van der Waals surface area contributed by atoms with Gasteiger partial charge in [0.15, 0.2) is 0 Å². The van der Waals surface area contributed by atoms with E-state index in [2.05, 4.69) is 0 Å². The molecule has 0 unspecified atom stereocenters. The fourth-order valence-corrected chi connectivity index (χ4v) is 3.82. The van der Waals surface area contributed by atoms with Gasteiger partial charge >= 0.3 is 0 Å². The minimum absolute atomic E-state index is 0.0570. The van der Waals surface area contributed by atoms with E-state index in [9.17, 15) is 16.8 Å². The number of fused-ring (bicyclic) bond motifs is 1. The molecular weight excluding hydrogens is 300 g/mol. The van der Waals surface area contributed by atoms with Crippen molar-refractivity contribution >= 4 is 30.8 Å². The lowest BCUT2D eigenvalue weighted by molar-refractivity contribution is 0.594. The Morgan fingerprint density at radius 2 is 1.75 bits per heavy atom. The highest BCUT2D eigenvalue weighted by Crippen LogP contribution is 2.28. The number of sulfone groups is 1. The molecule has 0 aliphatic heterocycles. The molecule has 0 radical (unpaired) electrons. The maximum absolute atomic E-state index is 11.7. The summed E-state index contributed by atoms with van der Waals surface area (Å²) in [5.41, 5.74) is 1.12. The molecule has 110 valence electrons. The predicted molar refractivity (Wildman–Crippen MR) is 77.8 cm³/mol. The molecule has 0 bridgehead atoms. The Balaban J connectivity index is 2.70. The SMILES string of the molecule is Cc1c(S(N)(=O)=O)c2ccccc2n1CCS(C)(=O)=O. The number of sulfonamides is 1. The fourth-order valence-electron chi connectivity index (χ4n) is 2.30. The summed E-state index contributed by atoms with van der Waals surface area (Å²) in [6.07, 6.45) is 1.15. The number of aryl methyl sites for hydroxylation is 1. The van der Waals surface area contributed by atoms with Gasteiger partial charge in [-0.05, 0) is 13.0 Å². The molecule has 0 spiro atoms. The van der Waals surface area contributed by atoms with Crippen molar-refractivity contribution in [2.24, 2.45) is 5.14 Å². The lowest BCUT2D eigenvalue weighted by Gasteiger charge is -2.07. The topological polar surface area (TPSA) is 99.2 Å². The first kappa shape index (κ1) is 15.0. The first-order valence-electron chi connectivity index (χ1n) is 5.89. The van der Waals surface area contributed by atoms with E-state index in [4.69, 9.17) is 5.14 Å². The molecule has 1 heterocycles. The second-order valence-electron chi connectivity index (χ2n) is 4.76. The molecule has 0 saturated carbocycles. The van der Waals surface area contributed by atoms with Crippen molar-refractivity contribution in [2.75, 3.05) is 12.0 Å². The van der Waals surface area contributed by atoms with Crippen LogP contribution in [0, 0.1) is 6.92 Å². The largest absolute Gasteiger partial charge is 0.342 e. The maximum Gasteiger partial charge on any atom is 0.240 e. The highest BCUT2D eigenvalue weighted by atomic mass is 32.2. The number of para-hydroxylation sites is 1. The predicted octanol–water partition coefficient (Wildman–Crippen LogP) is 0.642. The Bertz CT molecular complexity index is 864. The van der Waals surface area contributed by atoms with Crippen molar-refractivity contribution in [3.05, 3.63) is 30.0 Å². The molecule has 0 aliphatic rings. The Morgan fingerprint density at radius 3 is 2.30 bits per heavy atom. The lowest BCUT2D eigenvalue weighted by atomic mass is 10.2. The Morgan fingerprint density at radius 1 is 1.15 bits per heavy atom. The number of hydrogen-bond donors (Lipinski definition) is 1. The molecule has 8 heteroatoms. The van der Waals surface area contributed by atoms with Gasteiger partial charge < -0.3 is 4.57 Å². The van der Waals surface area contributed by atoms with E-state index >= 15 is 0 Å². The van der Waals surface area contributed by atoms with Crippen LogP contribution in [-0.4, -0.2) is 33.4 Å². The number of aromatic nitrogens is 1. The molecule has 2 N–H and O–H groups in total. The highest BCUT2D eigenvalue weighted by Gasteiger charge is 2.22. The maximum atomic E-state index is 11.7. The van der Waals surface area contributed by atoms with Crippen molar-refractivity contribution < 1.29 is 16.8 Å². The van der Waals surface area contributed by atoms with Crippen molar-refractivity contribution in [1.29, 1.82) is 0 Å². The number of nitrogens with two attached hydrogens (primary N) is 1. The van der Waals surface area contributed by atoms with Crippen LogP contribution >= 0.6 is 0 Å². The normalized spacial score (nSPS) is 12.9. The van der Waals surface area contributed by atoms with Crippen LogP contribution in [-0.2, 0) is 26.4 Å². The quantitative estimate of drug-likeness (QED) is 0.894. The lowest BCUT2D eigenvalue weighted by Crippen LogP contribution is -2.15. The summed E-state index contributed by atoms with van der Waals surface area (Å²) in [5, 5.41) is 5.77. The Hall–Kier alpha value is -1.38. The molecule has 0 fully saturated rings. The van der Waals surface area contributed by atoms with Crippen LogP contribution in [0.15, 0.2) is 29.2 Å². The van der Waals surface area contributed by atoms with E-state index < -0.39 is 19.9 Å². The van der Waals surface area contributed by atoms with Gasteiger partial charge in [0, 0.05) is 29.4 Å². The molecule has 6 nitrogen and oxygen atoms in total. The Labute approximate surface area is 118 Å². The molecule has 1 aromatic heterocycles. The third kappa shape index (κ3) is 2.87. The first-order valence-corrected chi connectivity index (χ1v) is 9.50. The average Bonchev–Trinajstić information content (AvgIpc) is 2.56. The van der Waals surface area contributed by atoms with Crippen LogP contribution in [0.5, 0.6) is 0 Å². The summed E-state index contributed by atoms with van der Waals surface area (Å²) in [7, 11) is -7.00. The number of hydrogen-bond acceptors (Lipinski definition) is 4. The first-order chi connectivity index (χ1) is 9.11. The summed E-state index contributed by atoms with van der Waals surface area (Å²) >= 11 is 0. The number of benzene rings is 1. The van der Waals surface area contributed by atoms with E-state index in [1.54, 1.807) is 35.8 Å². The van der Waals surface area contributed by atoms with E-state index in [1.165, 1.54) is 0 Å². The van der Waals surface area contributed by atoms with Gasteiger partial charge in [-0.25, -0.2) is 22.0 Å². The van der Waals surface area contributed by atoms with Crippen LogP contribution < -0.4 is 5.14 Å². The second-order valence-corrected chi connectivity index (χ2v) is 8.52. The zero-order valence-corrected chi connectivity index (χ0v) is 12.8. The molecule has 2 rings (SSSR count). The minimum Gasteiger partial charge on any atom is -0.342 e. The van der Waals surface area contributed by atoms with Gasteiger partial charge in [-0.15, -0.1) is 0 Å². The second kappa shape index (κ2) is 4.87. The van der Waals surface area contributed by atoms with Gasteiger partial charge in [0.2, 0.25) is 10.0 Å².